The molecule has 1 amide bonds. The molecule has 2 heterocycles. The van der Waals surface area contributed by atoms with Crippen LogP contribution in [0.25, 0.3) is 0 Å². The molecule has 1 fully saturated rings. The number of carbonyl (C=O) groups is 1. The summed E-state index contributed by atoms with van der Waals surface area (Å²) in [4.78, 5) is 15.0. The third kappa shape index (κ3) is 2.44. The molecule has 4 heteroatoms. The first-order valence-corrected chi connectivity index (χ1v) is 5.81. The van der Waals surface area contributed by atoms with Gasteiger partial charge in [0.2, 0.25) is 5.91 Å². The lowest BCUT2D eigenvalue weighted by Gasteiger charge is -2.32. The topological polar surface area (TPSA) is 56.9 Å². The maximum atomic E-state index is 12.1. The van der Waals surface area contributed by atoms with E-state index in [1.54, 1.807) is 0 Å². The number of hydrogen-bond donors (Lipinski definition) is 3. The Kier molecular flexibility index (Phi) is 3.29. The van der Waals surface area contributed by atoms with Crippen molar-refractivity contribution in [3.05, 3.63) is 24.0 Å². The molecular weight excluding hydrogens is 202 g/mol. The quantitative estimate of drug-likeness (QED) is 0.713. The SMILES string of the molecule is CC1(C(=O)NCc2cc[nH]c2)CCNCC1. The van der Waals surface area contributed by atoms with Gasteiger partial charge in [-0.1, -0.05) is 6.92 Å². The summed E-state index contributed by atoms with van der Waals surface area (Å²) in [5.74, 6) is 0.176. The fourth-order valence-electron chi connectivity index (χ4n) is 2.07. The summed E-state index contributed by atoms with van der Waals surface area (Å²) in [6, 6.07) is 1.98. The molecule has 1 aromatic rings. The van der Waals surface area contributed by atoms with Gasteiger partial charge >= 0.3 is 0 Å². The van der Waals surface area contributed by atoms with E-state index in [1.807, 2.05) is 18.5 Å². The van der Waals surface area contributed by atoms with Crippen LogP contribution in [0.3, 0.4) is 0 Å². The number of piperidine rings is 1. The molecule has 4 nitrogen and oxygen atoms in total. The minimum absolute atomic E-state index is 0.176. The van der Waals surface area contributed by atoms with E-state index in [2.05, 4.69) is 22.5 Å². The first-order chi connectivity index (χ1) is 7.71. The Balaban J connectivity index is 1.87. The second-order valence-electron chi connectivity index (χ2n) is 4.71. The van der Waals surface area contributed by atoms with E-state index in [0.29, 0.717) is 6.54 Å². The van der Waals surface area contributed by atoms with Crippen molar-refractivity contribution in [2.45, 2.75) is 26.3 Å². The van der Waals surface area contributed by atoms with Gasteiger partial charge in [-0.3, -0.25) is 4.79 Å². The van der Waals surface area contributed by atoms with Crippen LogP contribution in [0.1, 0.15) is 25.3 Å². The minimum atomic E-state index is -0.193. The van der Waals surface area contributed by atoms with Crippen molar-refractivity contribution in [2.24, 2.45) is 5.41 Å². The summed E-state index contributed by atoms with van der Waals surface area (Å²) >= 11 is 0. The lowest BCUT2D eigenvalue weighted by Crippen LogP contribution is -2.45. The Hall–Kier alpha value is -1.29. The van der Waals surface area contributed by atoms with Crippen molar-refractivity contribution in [3.63, 3.8) is 0 Å². The average molecular weight is 221 g/mol. The molecule has 1 aliphatic rings. The summed E-state index contributed by atoms with van der Waals surface area (Å²) < 4.78 is 0. The number of nitrogens with one attached hydrogen (secondary N) is 3. The second-order valence-corrected chi connectivity index (χ2v) is 4.71. The molecule has 1 saturated heterocycles. The Morgan fingerprint density at radius 2 is 2.25 bits per heavy atom. The van der Waals surface area contributed by atoms with Crippen LogP contribution in [0, 0.1) is 5.41 Å². The van der Waals surface area contributed by atoms with E-state index >= 15 is 0 Å². The van der Waals surface area contributed by atoms with Crippen molar-refractivity contribution in [2.75, 3.05) is 13.1 Å². The summed E-state index contributed by atoms with van der Waals surface area (Å²) in [6.45, 7) is 4.55. The van der Waals surface area contributed by atoms with Crippen molar-refractivity contribution < 1.29 is 4.79 Å². The van der Waals surface area contributed by atoms with Gasteiger partial charge in [-0.15, -0.1) is 0 Å². The van der Waals surface area contributed by atoms with E-state index in [1.165, 1.54) is 0 Å². The van der Waals surface area contributed by atoms with Crippen LogP contribution in [0.4, 0.5) is 0 Å². The highest BCUT2D eigenvalue weighted by Crippen LogP contribution is 2.27. The molecule has 0 atom stereocenters. The van der Waals surface area contributed by atoms with Gasteiger partial charge in [-0.05, 0) is 37.6 Å². The fraction of sp³-hybridized carbons (Fsp3) is 0.583. The van der Waals surface area contributed by atoms with Gasteiger partial charge in [0, 0.05) is 24.4 Å². The molecule has 2 rings (SSSR count). The molecule has 88 valence electrons. The number of carbonyl (C=O) groups excluding carboxylic acids is 1. The zero-order chi connectivity index (χ0) is 11.4. The van der Waals surface area contributed by atoms with Crippen molar-refractivity contribution >= 4 is 5.91 Å². The van der Waals surface area contributed by atoms with Gasteiger partial charge in [0.15, 0.2) is 0 Å². The molecule has 16 heavy (non-hydrogen) atoms. The fourth-order valence-corrected chi connectivity index (χ4v) is 2.07. The summed E-state index contributed by atoms with van der Waals surface area (Å²) in [6.07, 6.45) is 5.62. The first-order valence-electron chi connectivity index (χ1n) is 5.81. The highest BCUT2D eigenvalue weighted by Gasteiger charge is 2.34. The molecule has 0 spiro atoms. The average Bonchev–Trinajstić information content (AvgIpc) is 2.79. The van der Waals surface area contributed by atoms with E-state index in [-0.39, 0.29) is 11.3 Å². The van der Waals surface area contributed by atoms with Gasteiger partial charge in [0.25, 0.3) is 0 Å². The molecule has 0 aliphatic carbocycles. The monoisotopic (exact) mass is 221 g/mol. The second kappa shape index (κ2) is 4.70. The van der Waals surface area contributed by atoms with Crippen molar-refractivity contribution in [3.8, 4) is 0 Å². The largest absolute Gasteiger partial charge is 0.367 e. The van der Waals surface area contributed by atoms with Crippen molar-refractivity contribution in [1.82, 2.24) is 15.6 Å². The van der Waals surface area contributed by atoms with Crippen LogP contribution in [0.2, 0.25) is 0 Å². The van der Waals surface area contributed by atoms with Gasteiger partial charge < -0.3 is 15.6 Å². The molecular formula is C12H19N3O. The van der Waals surface area contributed by atoms with Crippen LogP contribution in [0.15, 0.2) is 18.5 Å². The lowest BCUT2D eigenvalue weighted by atomic mass is 9.80. The molecule has 0 bridgehead atoms. The maximum Gasteiger partial charge on any atom is 0.226 e. The number of rotatable bonds is 3. The van der Waals surface area contributed by atoms with E-state index in [9.17, 15) is 4.79 Å². The normalized spacial score (nSPS) is 19.3. The predicted octanol–water partition coefficient (Wildman–Crippen LogP) is 1.02. The Labute approximate surface area is 95.8 Å². The first kappa shape index (κ1) is 11.2. The molecule has 3 N–H and O–H groups in total. The highest BCUT2D eigenvalue weighted by atomic mass is 16.2. The standard InChI is InChI=1S/C12H19N3O/c1-12(3-6-13-7-4-12)11(16)15-9-10-2-5-14-8-10/h2,5,8,13-14H,3-4,6-7,9H2,1H3,(H,15,16). The number of hydrogen-bond acceptors (Lipinski definition) is 2. The van der Waals surface area contributed by atoms with Gasteiger partial charge in [-0.25, -0.2) is 0 Å². The van der Waals surface area contributed by atoms with Gasteiger partial charge in [0.1, 0.15) is 0 Å². The summed E-state index contributed by atoms with van der Waals surface area (Å²) in [5.41, 5.74) is 0.924. The molecule has 0 aromatic carbocycles. The number of aromatic nitrogens is 1. The Morgan fingerprint density at radius 1 is 1.50 bits per heavy atom. The van der Waals surface area contributed by atoms with E-state index < -0.39 is 0 Å². The highest BCUT2D eigenvalue weighted by molar-refractivity contribution is 5.82. The minimum Gasteiger partial charge on any atom is -0.367 e. The van der Waals surface area contributed by atoms with Crippen molar-refractivity contribution in [1.29, 1.82) is 0 Å². The molecule has 0 radical (unpaired) electrons. The summed E-state index contributed by atoms with van der Waals surface area (Å²) in [7, 11) is 0. The third-order valence-corrected chi connectivity index (χ3v) is 3.37. The lowest BCUT2D eigenvalue weighted by molar-refractivity contribution is -0.131. The van der Waals surface area contributed by atoms with Gasteiger partial charge in [0.05, 0.1) is 0 Å². The zero-order valence-electron chi connectivity index (χ0n) is 9.68. The number of amides is 1. The van der Waals surface area contributed by atoms with Crippen LogP contribution in [-0.4, -0.2) is 24.0 Å². The summed E-state index contributed by atoms with van der Waals surface area (Å²) in [5, 5.41) is 6.29. The maximum absolute atomic E-state index is 12.1. The van der Waals surface area contributed by atoms with Crippen LogP contribution < -0.4 is 10.6 Å². The van der Waals surface area contributed by atoms with E-state index in [4.69, 9.17) is 0 Å². The Morgan fingerprint density at radius 3 is 2.88 bits per heavy atom. The molecule has 0 saturated carbocycles. The van der Waals surface area contributed by atoms with E-state index in [0.717, 1.165) is 31.5 Å². The van der Waals surface area contributed by atoms with Crippen LogP contribution in [0.5, 0.6) is 0 Å². The molecule has 0 unspecified atom stereocenters. The molecule has 1 aliphatic heterocycles. The molecule has 1 aromatic heterocycles. The number of aromatic amines is 1. The Bertz CT molecular complexity index is 339. The van der Waals surface area contributed by atoms with Crippen LogP contribution in [-0.2, 0) is 11.3 Å². The smallest absolute Gasteiger partial charge is 0.226 e. The predicted molar refractivity (Wildman–Crippen MR) is 62.9 cm³/mol. The number of H-pyrrole nitrogens is 1. The van der Waals surface area contributed by atoms with Crippen LogP contribution >= 0.6 is 0 Å². The zero-order valence-corrected chi connectivity index (χ0v) is 9.68. The third-order valence-electron chi connectivity index (χ3n) is 3.37. The van der Waals surface area contributed by atoms with Gasteiger partial charge in [-0.2, -0.15) is 0 Å².